The number of anilines is 1. The fourth-order valence-electron chi connectivity index (χ4n) is 2.79. The van der Waals surface area contributed by atoms with Gasteiger partial charge in [0.2, 0.25) is 0 Å². The van der Waals surface area contributed by atoms with E-state index in [1.165, 1.54) is 0 Å². The molecular weight excluding hydrogens is 318 g/mol. The summed E-state index contributed by atoms with van der Waals surface area (Å²) >= 11 is 0. The Kier molecular flexibility index (Phi) is 5.69. The van der Waals surface area contributed by atoms with Gasteiger partial charge in [-0.2, -0.15) is 5.10 Å². The average molecular weight is 345 g/mol. The normalized spacial score (nSPS) is 14.8. The second kappa shape index (κ2) is 7.57. The van der Waals surface area contributed by atoms with E-state index < -0.39 is 5.60 Å². The Morgan fingerprint density at radius 2 is 1.76 bits per heavy atom. The van der Waals surface area contributed by atoms with Crippen molar-refractivity contribution >= 4 is 11.8 Å². The molecule has 0 aliphatic carbocycles. The monoisotopic (exact) mass is 345 g/mol. The molecule has 1 amide bonds. The highest BCUT2D eigenvalue weighted by molar-refractivity contribution is 5.75. The molecule has 1 aromatic heterocycles. The number of piperazine rings is 1. The van der Waals surface area contributed by atoms with Crippen molar-refractivity contribution in [3.05, 3.63) is 36.5 Å². The zero-order valence-electron chi connectivity index (χ0n) is 15.2. The molecule has 2 aromatic rings. The number of aromatic nitrogens is 2. The van der Waals surface area contributed by atoms with E-state index in [0.717, 1.165) is 30.0 Å². The van der Waals surface area contributed by atoms with Gasteiger partial charge in [0.15, 0.2) is 0 Å². The second-order valence-electron chi connectivity index (χ2n) is 6.95. The van der Waals surface area contributed by atoms with Crippen LogP contribution in [0.5, 0.6) is 0 Å². The number of carbonyl (C=O) groups excluding carboxylic acids is 1. The maximum absolute atomic E-state index is 12.2. The fraction of sp³-hybridized carbons (Fsp3) is 0.444. The number of carbonyl (C=O) groups is 1. The van der Waals surface area contributed by atoms with Crippen molar-refractivity contribution in [2.75, 3.05) is 31.1 Å². The van der Waals surface area contributed by atoms with Crippen molar-refractivity contribution in [3.63, 3.8) is 0 Å². The Balaban J connectivity index is 0.00000225. The number of hydrogen-bond acceptors (Lipinski definition) is 5. The minimum absolute atomic E-state index is 0. The summed E-state index contributed by atoms with van der Waals surface area (Å²) in [5, 5.41) is 7.29. The number of benzene rings is 1. The lowest BCUT2D eigenvalue weighted by Crippen LogP contribution is -2.50. The lowest BCUT2D eigenvalue weighted by atomic mass is 10.1. The third-order valence-electron chi connectivity index (χ3n) is 3.95. The first-order valence-corrected chi connectivity index (χ1v) is 8.26. The van der Waals surface area contributed by atoms with E-state index in [1.54, 1.807) is 4.90 Å². The van der Waals surface area contributed by atoms with Crippen molar-refractivity contribution in [2.24, 2.45) is 0 Å². The Hall–Kier alpha value is -2.54. The molecule has 0 atom stereocenters. The summed E-state index contributed by atoms with van der Waals surface area (Å²) in [6.45, 7) is 8.48. The third-order valence-corrected chi connectivity index (χ3v) is 3.95. The van der Waals surface area contributed by atoms with Gasteiger partial charge in [0, 0.05) is 31.7 Å². The van der Waals surface area contributed by atoms with Crippen molar-refractivity contribution in [1.82, 2.24) is 21.2 Å². The predicted molar refractivity (Wildman–Crippen MR) is 99.1 cm³/mol. The van der Waals surface area contributed by atoms with Crippen LogP contribution in [0, 0.1) is 0 Å². The van der Waals surface area contributed by atoms with Gasteiger partial charge in [-0.1, -0.05) is 30.3 Å². The Labute approximate surface area is 148 Å². The summed E-state index contributed by atoms with van der Waals surface area (Å²) < 4.78 is 5.45. The van der Waals surface area contributed by atoms with Crippen molar-refractivity contribution < 1.29 is 9.53 Å². The van der Waals surface area contributed by atoms with E-state index in [0.29, 0.717) is 13.1 Å². The van der Waals surface area contributed by atoms with Crippen LogP contribution in [0.4, 0.5) is 10.5 Å². The van der Waals surface area contributed by atoms with E-state index in [-0.39, 0.29) is 12.2 Å². The van der Waals surface area contributed by atoms with E-state index >= 15 is 0 Å². The van der Waals surface area contributed by atoms with Gasteiger partial charge >= 0.3 is 6.09 Å². The molecule has 1 fully saturated rings. The number of aromatic amines is 1. The zero-order valence-corrected chi connectivity index (χ0v) is 15.2. The molecule has 1 aliphatic heterocycles. The maximum atomic E-state index is 12.2. The van der Waals surface area contributed by atoms with Gasteiger partial charge in [-0.05, 0) is 20.8 Å². The summed E-state index contributed by atoms with van der Waals surface area (Å²) in [5.74, 6) is 0. The van der Waals surface area contributed by atoms with Crippen LogP contribution < -0.4 is 11.1 Å². The van der Waals surface area contributed by atoms with Crippen LogP contribution in [-0.2, 0) is 4.74 Å². The molecule has 25 heavy (non-hydrogen) atoms. The van der Waals surface area contributed by atoms with Crippen LogP contribution in [0.3, 0.4) is 0 Å². The predicted octanol–water partition coefficient (Wildman–Crippen LogP) is 3.30. The minimum atomic E-state index is -0.459. The van der Waals surface area contributed by atoms with E-state index in [4.69, 9.17) is 4.74 Å². The standard InChI is InChI=1S/C18H24N4O2.H3N/c1-18(2,3)24-17(23)22-11-9-21(10-12-22)15-13-19-20-16(15)14-7-5-4-6-8-14;/h4-8,13H,9-12H2,1-3H3,(H,19,20);1H3. The molecule has 3 rings (SSSR count). The van der Waals surface area contributed by atoms with Gasteiger partial charge < -0.3 is 20.7 Å². The Morgan fingerprint density at radius 3 is 2.36 bits per heavy atom. The highest BCUT2D eigenvalue weighted by Gasteiger charge is 2.27. The lowest BCUT2D eigenvalue weighted by Gasteiger charge is -2.36. The first kappa shape index (κ1) is 18.8. The van der Waals surface area contributed by atoms with Crippen LogP contribution >= 0.6 is 0 Å². The number of nitrogens with one attached hydrogen (secondary N) is 1. The molecule has 136 valence electrons. The number of H-pyrrole nitrogens is 1. The van der Waals surface area contributed by atoms with Gasteiger partial charge in [0.05, 0.1) is 17.6 Å². The Morgan fingerprint density at radius 1 is 1.12 bits per heavy atom. The number of amides is 1. The maximum Gasteiger partial charge on any atom is 0.410 e. The van der Waals surface area contributed by atoms with Crippen LogP contribution in [0.15, 0.2) is 36.5 Å². The lowest BCUT2D eigenvalue weighted by molar-refractivity contribution is 0.0240. The van der Waals surface area contributed by atoms with Gasteiger partial charge in [-0.3, -0.25) is 5.10 Å². The summed E-state index contributed by atoms with van der Waals surface area (Å²) in [4.78, 5) is 16.2. The van der Waals surface area contributed by atoms with Gasteiger partial charge in [0.25, 0.3) is 0 Å². The van der Waals surface area contributed by atoms with E-state index in [1.807, 2.05) is 45.2 Å². The molecule has 0 spiro atoms. The number of nitrogens with zero attached hydrogens (tertiary/aromatic N) is 3. The topological polar surface area (TPSA) is 96.5 Å². The van der Waals surface area contributed by atoms with Gasteiger partial charge in [-0.15, -0.1) is 0 Å². The molecule has 1 saturated heterocycles. The SMILES string of the molecule is CC(C)(C)OC(=O)N1CCN(c2cn[nH]c2-c2ccccc2)CC1.N. The molecule has 2 heterocycles. The number of rotatable bonds is 2. The third kappa shape index (κ3) is 4.51. The summed E-state index contributed by atoms with van der Waals surface area (Å²) in [5.41, 5.74) is 2.74. The second-order valence-corrected chi connectivity index (χ2v) is 6.95. The van der Waals surface area contributed by atoms with E-state index in [2.05, 4.69) is 27.2 Å². The quantitative estimate of drug-likeness (QED) is 0.870. The van der Waals surface area contributed by atoms with Crippen LogP contribution in [0.25, 0.3) is 11.3 Å². The molecule has 1 aromatic carbocycles. The molecular formula is C18H27N5O2. The highest BCUT2D eigenvalue weighted by atomic mass is 16.6. The zero-order chi connectivity index (χ0) is 17.2. The van der Waals surface area contributed by atoms with Crippen LogP contribution in [0.2, 0.25) is 0 Å². The Bertz CT molecular complexity index is 685. The largest absolute Gasteiger partial charge is 0.444 e. The molecule has 0 bridgehead atoms. The molecule has 0 saturated carbocycles. The van der Waals surface area contributed by atoms with Crippen molar-refractivity contribution in [3.8, 4) is 11.3 Å². The summed E-state index contributed by atoms with van der Waals surface area (Å²) in [6, 6.07) is 10.2. The van der Waals surface area contributed by atoms with Crippen LogP contribution in [0.1, 0.15) is 20.8 Å². The van der Waals surface area contributed by atoms with Crippen LogP contribution in [-0.4, -0.2) is 53.0 Å². The first-order valence-electron chi connectivity index (χ1n) is 8.26. The molecule has 7 nitrogen and oxygen atoms in total. The van der Waals surface area contributed by atoms with Gasteiger partial charge in [-0.25, -0.2) is 4.79 Å². The number of hydrogen-bond donors (Lipinski definition) is 2. The molecule has 1 aliphatic rings. The number of ether oxygens (including phenoxy) is 1. The van der Waals surface area contributed by atoms with Crippen molar-refractivity contribution in [1.29, 1.82) is 0 Å². The average Bonchev–Trinajstić information content (AvgIpc) is 3.04. The summed E-state index contributed by atoms with van der Waals surface area (Å²) in [6.07, 6.45) is 1.61. The smallest absolute Gasteiger partial charge is 0.410 e. The van der Waals surface area contributed by atoms with E-state index in [9.17, 15) is 4.79 Å². The first-order chi connectivity index (χ1) is 11.4. The minimum Gasteiger partial charge on any atom is -0.444 e. The molecule has 4 N–H and O–H groups in total. The van der Waals surface area contributed by atoms with Gasteiger partial charge in [0.1, 0.15) is 5.60 Å². The molecule has 0 radical (unpaired) electrons. The molecule has 7 heteroatoms. The summed E-state index contributed by atoms with van der Waals surface area (Å²) in [7, 11) is 0. The van der Waals surface area contributed by atoms with Crippen molar-refractivity contribution in [2.45, 2.75) is 26.4 Å². The highest BCUT2D eigenvalue weighted by Crippen LogP contribution is 2.29. The molecule has 0 unspecified atom stereocenters. The fourth-order valence-corrected chi connectivity index (χ4v) is 2.79.